The number of amides is 1. The van der Waals surface area contributed by atoms with E-state index >= 15 is 0 Å². The Kier molecular flexibility index (Phi) is 4.72. The van der Waals surface area contributed by atoms with Crippen LogP contribution in [0.4, 0.5) is 5.69 Å². The van der Waals surface area contributed by atoms with Gasteiger partial charge in [-0.15, -0.1) is 0 Å². The summed E-state index contributed by atoms with van der Waals surface area (Å²) in [5.41, 5.74) is 0.460. The summed E-state index contributed by atoms with van der Waals surface area (Å²) in [7, 11) is 5.93. The van der Waals surface area contributed by atoms with E-state index in [2.05, 4.69) is 0 Å². The number of carbonyl (C=O) groups is 1. The molecular formula is C13H16ClNO6S. The van der Waals surface area contributed by atoms with Crippen LogP contribution >= 0.6 is 10.7 Å². The molecule has 1 aromatic carbocycles. The third kappa shape index (κ3) is 3.07. The number of hydrogen-bond donors (Lipinski definition) is 0. The van der Waals surface area contributed by atoms with E-state index in [1.54, 1.807) is 12.1 Å². The van der Waals surface area contributed by atoms with Crippen molar-refractivity contribution in [2.75, 3.05) is 32.8 Å². The minimum Gasteiger partial charge on any atom is -0.493 e. The number of hydrogen-bond acceptors (Lipinski definition) is 6. The molecule has 122 valence electrons. The van der Waals surface area contributed by atoms with Crippen molar-refractivity contribution in [3.05, 3.63) is 12.1 Å². The van der Waals surface area contributed by atoms with E-state index in [1.165, 1.54) is 26.2 Å². The molecule has 1 aromatic rings. The summed E-state index contributed by atoms with van der Waals surface area (Å²) in [6, 6.07) is 3.17. The molecule has 1 atom stereocenters. The lowest BCUT2D eigenvalue weighted by Crippen LogP contribution is -2.26. The number of nitrogens with zero attached hydrogens (tertiary/aromatic N) is 1. The Balaban J connectivity index is 2.43. The van der Waals surface area contributed by atoms with Crippen molar-refractivity contribution >= 4 is 31.3 Å². The van der Waals surface area contributed by atoms with E-state index in [9.17, 15) is 13.2 Å². The molecule has 1 saturated heterocycles. The smallest absolute Gasteiger partial charge is 0.237 e. The molecule has 1 unspecified atom stereocenters. The maximum Gasteiger partial charge on any atom is 0.237 e. The third-order valence-corrected chi connectivity index (χ3v) is 5.32. The minimum absolute atomic E-state index is 0.0106. The molecule has 7 nitrogen and oxygen atoms in total. The number of halogens is 1. The van der Waals surface area contributed by atoms with Crippen molar-refractivity contribution < 1.29 is 27.4 Å². The fourth-order valence-electron chi connectivity index (χ4n) is 2.34. The van der Waals surface area contributed by atoms with Crippen LogP contribution in [-0.2, 0) is 13.8 Å². The quantitative estimate of drug-likeness (QED) is 0.747. The summed E-state index contributed by atoms with van der Waals surface area (Å²) in [6.07, 6.45) is -0.150. The SMILES string of the molecule is COc1cc(N2CC(S(=O)(=O)Cl)CC2=O)cc(OC)c1OC. The van der Waals surface area contributed by atoms with Crippen molar-refractivity contribution in [2.24, 2.45) is 0 Å². The summed E-state index contributed by atoms with van der Waals surface area (Å²) in [4.78, 5) is 13.4. The van der Waals surface area contributed by atoms with Gasteiger partial charge in [0.1, 0.15) is 5.25 Å². The van der Waals surface area contributed by atoms with E-state index in [0.717, 1.165) is 0 Å². The monoisotopic (exact) mass is 349 g/mol. The second kappa shape index (κ2) is 6.21. The van der Waals surface area contributed by atoms with Gasteiger partial charge in [-0.3, -0.25) is 4.79 Å². The van der Waals surface area contributed by atoms with Crippen molar-refractivity contribution in [1.29, 1.82) is 0 Å². The highest BCUT2D eigenvalue weighted by atomic mass is 35.7. The van der Waals surface area contributed by atoms with Crippen LogP contribution in [0.2, 0.25) is 0 Å². The van der Waals surface area contributed by atoms with Gasteiger partial charge in [-0.2, -0.15) is 0 Å². The van der Waals surface area contributed by atoms with Crippen LogP contribution in [0.5, 0.6) is 17.2 Å². The van der Waals surface area contributed by atoms with Crippen LogP contribution in [-0.4, -0.2) is 47.4 Å². The van der Waals surface area contributed by atoms with E-state index in [4.69, 9.17) is 24.9 Å². The van der Waals surface area contributed by atoms with Crippen LogP contribution in [0.15, 0.2) is 12.1 Å². The van der Waals surface area contributed by atoms with Crippen molar-refractivity contribution in [2.45, 2.75) is 11.7 Å². The van der Waals surface area contributed by atoms with E-state index < -0.39 is 14.3 Å². The second-order valence-corrected chi connectivity index (χ2v) is 7.60. The van der Waals surface area contributed by atoms with Crippen molar-refractivity contribution in [1.82, 2.24) is 0 Å². The average Bonchev–Trinajstić information content (AvgIpc) is 2.87. The Morgan fingerprint density at radius 3 is 2.05 bits per heavy atom. The zero-order chi connectivity index (χ0) is 16.5. The highest BCUT2D eigenvalue weighted by molar-refractivity contribution is 8.14. The predicted molar refractivity (Wildman–Crippen MR) is 81.6 cm³/mol. The summed E-state index contributed by atoms with van der Waals surface area (Å²) >= 11 is 0. The molecule has 0 N–H and O–H groups in total. The van der Waals surface area contributed by atoms with Gasteiger partial charge >= 0.3 is 0 Å². The molecule has 0 bridgehead atoms. The zero-order valence-electron chi connectivity index (χ0n) is 12.3. The maximum absolute atomic E-state index is 12.1. The lowest BCUT2D eigenvalue weighted by atomic mass is 10.2. The Morgan fingerprint density at radius 2 is 1.68 bits per heavy atom. The average molecular weight is 350 g/mol. The normalized spacial score (nSPS) is 18.5. The van der Waals surface area contributed by atoms with Gasteiger partial charge in [0, 0.05) is 35.8 Å². The largest absolute Gasteiger partial charge is 0.493 e. The summed E-state index contributed by atoms with van der Waals surface area (Å²) < 4.78 is 38.5. The maximum atomic E-state index is 12.1. The molecule has 9 heteroatoms. The molecule has 0 aliphatic carbocycles. The molecule has 0 aromatic heterocycles. The van der Waals surface area contributed by atoms with Gasteiger partial charge in [-0.05, 0) is 0 Å². The number of methoxy groups -OCH3 is 3. The Hall–Kier alpha value is -1.67. The van der Waals surface area contributed by atoms with Crippen LogP contribution < -0.4 is 19.1 Å². The van der Waals surface area contributed by atoms with Gasteiger partial charge in [0.15, 0.2) is 11.5 Å². The Bertz CT molecular complexity index is 665. The highest BCUT2D eigenvalue weighted by Crippen LogP contribution is 2.42. The predicted octanol–water partition coefficient (Wildman–Crippen LogP) is 1.39. The first kappa shape index (κ1) is 16.7. The highest BCUT2D eigenvalue weighted by Gasteiger charge is 2.38. The van der Waals surface area contributed by atoms with Crippen LogP contribution in [0.25, 0.3) is 0 Å². The van der Waals surface area contributed by atoms with Gasteiger partial charge in [-0.25, -0.2) is 8.42 Å². The molecule has 1 fully saturated rings. The molecule has 22 heavy (non-hydrogen) atoms. The van der Waals surface area contributed by atoms with Crippen LogP contribution in [0, 0.1) is 0 Å². The minimum atomic E-state index is -3.80. The summed E-state index contributed by atoms with van der Waals surface area (Å²) in [5, 5.41) is -0.930. The standard InChI is InChI=1S/C13H16ClNO6S/c1-19-10-4-8(5-11(20-2)13(10)21-3)15-7-9(6-12(15)16)22(14,17)18/h4-5,9H,6-7H2,1-3H3. The number of anilines is 1. The second-order valence-electron chi connectivity index (χ2n) is 4.69. The topological polar surface area (TPSA) is 82.1 Å². The van der Waals surface area contributed by atoms with Gasteiger partial charge in [0.05, 0.1) is 27.0 Å². The van der Waals surface area contributed by atoms with Crippen molar-refractivity contribution in [3.8, 4) is 17.2 Å². The van der Waals surface area contributed by atoms with E-state index in [0.29, 0.717) is 22.9 Å². The summed E-state index contributed by atoms with van der Waals surface area (Å²) in [5.74, 6) is 0.814. The van der Waals surface area contributed by atoms with Crippen LogP contribution in [0.3, 0.4) is 0 Å². The molecular weight excluding hydrogens is 334 g/mol. The number of ether oxygens (including phenoxy) is 3. The fourth-order valence-corrected chi connectivity index (χ4v) is 3.36. The van der Waals surface area contributed by atoms with Gasteiger partial charge in [-0.1, -0.05) is 0 Å². The van der Waals surface area contributed by atoms with Crippen molar-refractivity contribution in [3.63, 3.8) is 0 Å². The molecule has 1 heterocycles. The third-order valence-electron chi connectivity index (χ3n) is 3.45. The molecule has 1 amide bonds. The van der Waals surface area contributed by atoms with Gasteiger partial charge in [0.2, 0.25) is 20.7 Å². The molecule has 1 aliphatic heterocycles. The molecule has 1 aliphatic rings. The molecule has 0 saturated carbocycles. The lowest BCUT2D eigenvalue weighted by Gasteiger charge is -2.20. The van der Waals surface area contributed by atoms with Crippen LogP contribution in [0.1, 0.15) is 6.42 Å². The number of benzene rings is 1. The zero-order valence-corrected chi connectivity index (χ0v) is 13.9. The first-order chi connectivity index (χ1) is 10.3. The molecule has 0 radical (unpaired) electrons. The Labute approximate surface area is 133 Å². The van der Waals surface area contributed by atoms with Gasteiger partial charge < -0.3 is 19.1 Å². The lowest BCUT2D eigenvalue weighted by molar-refractivity contribution is -0.117. The Morgan fingerprint density at radius 1 is 1.14 bits per heavy atom. The number of rotatable bonds is 5. The summed E-state index contributed by atoms with van der Waals surface area (Å²) in [6.45, 7) is -0.0106. The first-order valence-electron chi connectivity index (χ1n) is 6.35. The van der Waals surface area contributed by atoms with Gasteiger partial charge in [0.25, 0.3) is 0 Å². The van der Waals surface area contributed by atoms with E-state index in [-0.39, 0.29) is 18.9 Å². The van der Waals surface area contributed by atoms with E-state index in [1.807, 2.05) is 0 Å². The first-order valence-corrected chi connectivity index (χ1v) is 8.73. The molecule has 2 rings (SSSR count). The fraction of sp³-hybridized carbons (Fsp3) is 0.462. The molecule has 0 spiro atoms. The number of carbonyl (C=O) groups excluding carboxylic acids is 1.